The van der Waals surface area contributed by atoms with Crippen LogP contribution in [0, 0.1) is 23.7 Å². The molecular weight excluding hydrogens is 402 g/mol. The largest absolute Gasteiger partial charge is 0.494 e. The molecule has 3 aliphatic rings. The predicted octanol–water partition coefficient (Wildman–Crippen LogP) is 4.28. The van der Waals surface area contributed by atoms with Crippen molar-refractivity contribution in [3.63, 3.8) is 0 Å². The molecule has 0 radical (unpaired) electrons. The summed E-state index contributed by atoms with van der Waals surface area (Å²) >= 11 is 0. The first kappa shape index (κ1) is 21.4. The van der Waals surface area contributed by atoms with Crippen LogP contribution in [0.4, 0.5) is 0 Å². The molecule has 1 aromatic carbocycles. The number of hydrogen-bond donors (Lipinski definition) is 0. The Kier molecular flexibility index (Phi) is 6.69. The molecule has 1 saturated heterocycles. The highest BCUT2D eigenvalue weighted by atomic mass is 16.5. The lowest BCUT2D eigenvalue weighted by atomic mass is 9.86. The van der Waals surface area contributed by atoms with Crippen LogP contribution in [0.5, 0.6) is 5.75 Å². The molecule has 3 fully saturated rings. The van der Waals surface area contributed by atoms with Crippen molar-refractivity contribution in [2.45, 2.75) is 64.2 Å². The van der Waals surface area contributed by atoms with E-state index in [4.69, 9.17) is 4.74 Å². The third-order valence-corrected chi connectivity index (χ3v) is 7.87. The van der Waals surface area contributed by atoms with Crippen LogP contribution in [0.2, 0.25) is 0 Å². The summed E-state index contributed by atoms with van der Waals surface area (Å²) < 4.78 is 7.60. The van der Waals surface area contributed by atoms with E-state index in [0.717, 1.165) is 61.7 Å². The Morgan fingerprint density at radius 2 is 1.81 bits per heavy atom. The molecule has 2 saturated carbocycles. The molecule has 172 valence electrons. The summed E-state index contributed by atoms with van der Waals surface area (Å²) in [6, 6.07) is 7.88. The first-order valence-corrected chi connectivity index (χ1v) is 12.5. The summed E-state index contributed by atoms with van der Waals surface area (Å²) in [5.74, 6) is 4.40. The topological polar surface area (TPSA) is 73.1 Å². The maximum atomic E-state index is 12.7. The number of tetrazole rings is 1. The Morgan fingerprint density at radius 1 is 1.03 bits per heavy atom. The number of carbonyl (C=O) groups is 1. The molecule has 5 rings (SSSR count). The second-order valence-corrected chi connectivity index (χ2v) is 9.97. The van der Waals surface area contributed by atoms with Crippen LogP contribution in [-0.4, -0.2) is 50.7 Å². The van der Waals surface area contributed by atoms with Gasteiger partial charge >= 0.3 is 0 Å². The second-order valence-electron chi connectivity index (χ2n) is 9.97. The number of hydrogen-bond acceptors (Lipinski definition) is 5. The van der Waals surface area contributed by atoms with E-state index in [1.165, 1.54) is 51.4 Å². The quantitative estimate of drug-likeness (QED) is 0.616. The van der Waals surface area contributed by atoms with Crippen molar-refractivity contribution < 1.29 is 9.53 Å². The van der Waals surface area contributed by atoms with Crippen molar-refractivity contribution in [2.75, 3.05) is 19.7 Å². The van der Waals surface area contributed by atoms with Gasteiger partial charge in [-0.15, -0.1) is 5.10 Å². The van der Waals surface area contributed by atoms with Gasteiger partial charge < -0.3 is 9.64 Å². The summed E-state index contributed by atoms with van der Waals surface area (Å²) in [5.41, 5.74) is 0.924. The fraction of sp³-hybridized carbons (Fsp3) is 0.680. The Bertz CT molecular complexity index is 855. The molecule has 0 spiro atoms. The Balaban J connectivity index is 0.987. The SMILES string of the molecule is O=C(CC1CCCCC1)N1CCC([C@H]2C[C@H]2CCOc2ccc(-n3cnnn3)cc2)CC1. The van der Waals surface area contributed by atoms with Gasteiger partial charge in [-0.3, -0.25) is 4.79 Å². The number of likely N-dealkylation sites (tertiary alicyclic amines) is 1. The molecule has 0 bridgehead atoms. The minimum atomic E-state index is 0.419. The van der Waals surface area contributed by atoms with E-state index in [1.807, 2.05) is 24.3 Å². The van der Waals surface area contributed by atoms with Crippen LogP contribution in [0.25, 0.3) is 5.69 Å². The lowest BCUT2D eigenvalue weighted by molar-refractivity contribution is -0.134. The van der Waals surface area contributed by atoms with Gasteiger partial charge in [-0.25, -0.2) is 4.68 Å². The minimum Gasteiger partial charge on any atom is -0.494 e. The van der Waals surface area contributed by atoms with Crippen LogP contribution < -0.4 is 4.74 Å². The van der Waals surface area contributed by atoms with E-state index in [-0.39, 0.29) is 0 Å². The van der Waals surface area contributed by atoms with Gasteiger partial charge in [0, 0.05) is 19.5 Å². The highest BCUT2D eigenvalue weighted by molar-refractivity contribution is 5.76. The van der Waals surface area contributed by atoms with Gasteiger partial charge in [-0.1, -0.05) is 19.3 Å². The average Bonchev–Trinajstić information content (AvgIpc) is 3.39. The van der Waals surface area contributed by atoms with Crippen molar-refractivity contribution in [1.82, 2.24) is 25.1 Å². The van der Waals surface area contributed by atoms with Crippen molar-refractivity contribution in [2.24, 2.45) is 23.7 Å². The monoisotopic (exact) mass is 437 g/mol. The number of aromatic nitrogens is 4. The van der Waals surface area contributed by atoms with Crippen LogP contribution in [0.3, 0.4) is 0 Å². The molecule has 2 atom stereocenters. The normalized spacial score (nSPS) is 24.4. The summed E-state index contributed by atoms with van der Waals surface area (Å²) in [6.45, 7) is 2.72. The van der Waals surface area contributed by atoms with Gasteiger partial charge in [0.15, 0.2) is 0 Å². The lowest BCUT2D eigenvalue weighted by Crippen LogP contribution is -2.39. The number of piperidine rings is 1. The molecule has 2 heterocycles. The molecular formula is C25H35N5O2. The first-order chi connectivity index (χ1) is 15.8. The van der Waals surface area contributed by atoms with Crippen molar-refractivity contribution in [3.8, 4) is 11.4 Å². The standard InChI is InChI=1S/C25H35N5O2/c31-25(16-19-4-2-1-3-5-19)29-13-10-20(11-14-29)24-17-21(24)12-15-32-23-8-6-22(7-9-23)30-18-26-27-28-30/h6-9,18-21,24H,1-5,10-17H2/t21-,24-/m1/s1. The molecule has 0 N–H and O–H groups in total. The molecule has 7 heteroatoms. The number of benzene rings is 1. The summed E-state index contributed by atoms with van der Waals surface area (Å²) in [7, 11) is 0. The smallest absolute Gasteiger partial charge is 0.222 e. The van der Waals surface area contributed by atoms with Gasteiger partial charge in [0.1, 0.15) is 12.1 Å². The van der Waals surface area contributed by atoms with Crippen molar-refractivity contribution >= 4 is 5.91 Å². The van der Waals surface area contributed by atoms with E-state index >= 15 is 0 Å². The van der Waals surface area contributed by atoms with E-state index in [1.54, 1.807) is 11.0 Å². The zero-order valence-electron chi connectivity index (χ0n) is 18.9. The van der Waals surface area contributed by atoms with E-state index < -0.39 is 0 Å². The molecule has 2 aliphatic carbocycles. The van der Waals surface area contributed by atoms with E-state index in [2.05, 4.69) is 20.4 Å². The molecule has 0 unspecified atom stereocenters. The van der Waals surface area contributed by atoms with E-state index in [9.17, 15) is 4.79 Å². The Labute approximate surface area is 190 Å². The summed E-state index contributed by atoms with van der Waals surface area (Å²) in [4.78, 5) is 14.8. The zero-order chi connectivity index (χ0) is 21.8. The van der Waals surface area contributed by atoms with Crippen molar-refractivity contribution in [3.05, 3.63) is 30.6 Å². The Hall–Kier alpha value is -2.44. The summed E-state index contributed by atoms with van der Waals surface area (Å²) in [6.07, 6.45) is 13.7. The van der Waals surface area contributed by atoms with Gasteiger partial charge in [0.25, 0.3) is 0 Å². The lowest BCUT2D eigenvalue weighted by Gasteiger charge is -2.34. The Morgan fingerprint density at radius 3 is 2.53 bits per heavy atom. The molecule has 7 nitrogen and oxygen atoms in total. The maximum Gasteiger partial charge on any atom is 0.222 e. The van der Waals surface area contributed by atoms with Crippen LogP contribution in [0.1, 0.15) is 64.2 Å². The third-order valence-electron chi connectivity index (χ3n) is 7.87. The molecule has 32 heavy (non-hydrogen) atoms. The summed E-state index contributed by atoms with van der Waals surface area (Å²) in [5, 5.41) is 11.2. The van der Waals surface area contributed by atoms with Gasteiger partial charge in [0.2, 0.25) is 5.91 Å². The number of carbonyl (C=O) groups excluding carboxylic acids is 1. The van der Waals surface area contributed by atoms with Crippen LogP contribution in [-0.2, 0) is 4.79 Å². The van der Waals surface area contributed by atoms with E-state index in [0.29, 0.717) is 11.8 Å². The number of rotatable bonds is 8. The molecule has 1 aliphatic heterocycles. The number of ether oxygens (including phenoxy) is 1. The highest BCUT2D eigenvalue weighted by Crippen LogP contribution is 2.49. The fourth-order valence-electron chi connectivity index (χ4n) is 5.83. The van der Waals surface area contributed by atoms with Crippen LogP contribution >= 0.6 is 0 Å². The average molecular weight is 438 g/mol. The molecule has 1 amide bonds. The van der Waals surface area contributed by atoms with Crippen molar-refractivity contribution in [1.29, 1.82) is 0 Å². The third kappa shape index (κ3) is 5.30. The first-order valence-electron chi connectivity index (χ1n) is 12.5. The molecule has 1 aromatic heterocycles. The predicted molar refractivity (Wildman–Crippen MR) is 121 cm³/mol. The highest BCUT2D eigenvalue weighted by Gasteiger charge is 2.43. The van der Waals surface area contributed by atoms with Gasteiger partial charge in [-0.2, -0.15) is 0 Å². The second kappa shape index (κ2) is 10.0. The number of nitrogens with zero attached hydrogens (tertiary/aromatic N) is 5. The van der Waals surface area contributed by atoms with Gasteiger partial charge in [-0.05, 0) is 96.9 Å². The zero-order valence-corrected chi connectivity index (χ0v) is 18.9. The molecule has 2 aromatic rings. The fourth-order valence-corrected chi connectivity index (χ4v) is 5.83. The van der Waals surface area contributed by atoms with Gasteiger partial charge in [0.05, 0.1) is 12.3 Å². The maximum absolute atomic E-state index is 12.7. The minimum absolute atomic E-state index is 0.419. The van der Waals surface area contributed by atoms with Crippen LogP contribution in [0.15, 0.2) is 30.6 Å². The number of amides is 1.